The van der Waals surface area contributed by atoms with Crippen LogP contribution in [-0.4, -0.2) is 50.3 Å². The highest BCUT2D eigenvalue weighted by Crippen LogP contribution is 2.22. The van der Waals surface area contributed by atoms with Crippen LogP contribution in [0.25, 0.3) is 0 Å². The maximum Gasteiger partial charge on any atom is 0.281 e. The standard InChI is InChI=1S/C10H23N3O2S/c1-3-10-5-8-13(9-10)16(14,15)12(2)7-4-6-11/h10H,3-9,11H2,1-2H3. The number of nitrogens with zero attached hydrogens (tertiary/aromatic N) is 2. The van der Waals surface area contributed by atoms with E-state index in [1.54, 1.807) is 11.4 Å². The lowest BCUT2D eigenvalue weighted by molar-refractivity contribution is 0.383. The van der Waals surface area contributed by atoms with Crippen LogP contribution in [0.3, 0.4) is 0 Å². The second-order valence-corrected chi connectivity index (χ2v) is 6.43. The highest BCUT2D eigenvalue weighted by Gasteiger charge is 2.32. The van der Waals surface area contributed by atoms with Gasteiger partial charge in [-0.15, -0.1) is 0 Å². The molecule has 1 saturated heterocycles. The lowest BCUT2D eigenvalue weighted by atomic mass is 10.1. The predicted molar refractivity (Wildman–Crippen MR) is 65.2 cm³/mol. The van der Waals surface area contributed by atoms with E-state index in [0.717, 1.165) is 12.8 Å². The van der Waals surface area contributed by atoms with Crippen molar-refractivity contribution in [2.75, 3.05) is 33.2 Å². The molecule has 0 aromatic heterocycles. The molecule has 0 aromatic carbocycles. The Hall–Kier alpha value is -0.170. The Kier molecular flexibility index (Phi) is 5.17. The van der Waals surface area contributed by atoms with Crippen molar-refractivity contribution in [3.63, 3.8) is 0 Å². The molecule has 2 N–H and O–H groups in total. The Morgan fingerprint density at radius 1 is 1.50 bits per heavy atom. The fourth-order valence-electron chi connectivity index (χ4n) is 1.97. The normalized spacial score (nSPS) is 23.1. The number of rotatable bonds is 6. The van der Waals surface area contributed by atoms with E-state index in [0.29, 0.717) is 38.5 Å². The van der Waals surface area contributed by atoms with Gasteiger partial charge in [-0.2, -0.15) is 17.0 Å². The van der Waals surface area contributed by atoms with Gasteiger partial charge in [0.05, 0.1) is 0 Å². The van der Waals surface area contributed by atoms with Crippen LogP contribution in [0.2, 0.25) is 0 Å². The average molecular weight is 249 g/mol. The molecule has 0 aromatic rings. The van der Waals surface area contributed by atoms with Crippen molar-refractivity contribution in [1.82, 2.24) is 8.61 Å². The molecule has 1 fully saturated rings. The largest absolute Gasteiger partial charge is 0.330 e. The van der Waals surface area contributed by atoms with Crippen LogP contribution in [0, 0.1) is 5.92 Å². The summed E-state index contributed by atoms with van der Waals surface area (Å²) in [5.41, 5.74) is 5.38. The first-order valence-electron chi connectivity index (χ1n) is 5.93. The molecule has 1 atom stereocenters. The maximum absolute atomic E-state index is 12.1. The van der Waals surface area contributed by atoms with Crippen LogP contribution in [0.1, 0.15) is 26.2 Å². The maximum atomic E-state index is 12.1. The molecule has 0 saturated carbocycles. The average Bonchev–Trinajstić information content (AvgIpc) is 2.74. The van der Waals surface area contributed by atoms with Gasteiger partial charge in [-0.1, -0.05) is 13.3 Å². The zero-order chi connectivity index (χ0) is 12.2. The minimum absolute atomic E-state index is 0.506. The topological polar surface area (TPSA) is 66.6 Å². The molecule has 0 spiro atoms. The van der Waals surface area contributed by atoms with Crippen molar-refractivity contribution < 1.29 is 8.42 Å². The lowest BCUT2D eigenvalue weighted by Crippen LogP contribution is -2.41. The summed E-state index contributed by atoms with van der Waals surface area (Å²) in [5, 5.41) is 0. The summed E-state index contributed by atoms with van der Waals surface area (Å²) in [5.74, 6) is 0.526. The minimum Gasteiger partial charge on any atom is -0.330 e. The van der Waals surface area contributed by atoms with E-state index in [1.165, 1.54) is 4.31 Å². The molecule has 96 valence electrons. The highest BCUT2D eigenvalue weighted by atomic mass is 32.2. The second-order valence-electron chi connectivity index (χ2n) is 4.39. The molecule has 1 aliphatic heterocycles. The Morgan fingerprint density at radius 2 is 2.19 bits per heavy atom. The van der Waals surface area contributed by atoms with E-state index < -0.39 is 10.2 Å². The Balaban J connectivity index is 2.57. The molecule has 16 heavy (non-hydrogen) atoms. The zero-order valence-electron chi connectivity index (χ0n) is 10.2. The van der Waals surface area contributed by atoms with Gasteiger partial charge in [-0.25, -0.2) is 0 Å². The van der Waals surface area contributed by atoms with Crippen molar-refractivity contribution >= 4 is 10.2 Å². The summed E-state index contributed by atoms with van der Waals surface area (Å²) >= 11 is 0. The third-order valence-corrected chi connectivity index (χ3v) is 5.18. The van der Waals surface area contributed by atoms with Gasteiger partial charge < -0.3 is 5.73 Å². The molecule has 0 aliphatic carbocycles. The van der Waals surface area contributed by atoms with Crippen LogP contribution in [0.15, 0.2) is 0 Å². The smallest absolute Gasteiger partial charge is 0.281 e. The van der Waals surface area contributed by atoms with Gasteiger partial charge in [0.15, 0.2) is 0 Å². The summed E-state index contributed by atoms with van der Waals surface area (Å²) in [7, 11) is -1.61. The molecule has 5 nitrogen and oxygen atoms in total. The van der Waals surface area contributed by atoms with Crippen LogP contribution in [0.5, 0.6) is 0 Å². The van der Waals surface area contributed by atoms with Crippen LogP contribution in [-0.2, 0) is 10.2 Å². The van der Waals surface area contributed by atoms with Crippen LogP contribution >= 0.6 is 0 Å². The first-order valence-corrected chi connectivity index (χ1v) is 7.33. The van der Waals surface area contributed by atoms with E-state index in [1.807, 2.05) is 0 Å². The first-order chi connectivity index (χ1) is 7.52. The zero-order valence-corrected chi connectivity index (χ0v) is 11.0. The van der Waals surface area contributed by atoms with Gasteiger partial charge in [-0.05, 0) is 25.3 Å². The monoisotopic (exact) mass is 249 g/mol. The molecule has 6 heteroatoms. The Morgan fingerprint density at radius 3 is 2.69 bits per heavy atom. The van der Waals surface area contributed by atoms with Crippen molar-refractivity contribution in [1.29, 1.82) is 0 Å². The summed E-state index contributed by atoms with van der Waals surface area (Å²) in [4.78, 5) is 0. The minimum atomic E-state index is -3.24. The van der Waals surface area contributed by atoms with Gasteiger partial charge in [0.25, 0.3) is 10.2 Å². The highest BCUT2D eigenvalue weighted by molar-refractivity contribution is 7.86. The van der Waals surface area contributed by atoms with Gasteiger partial charge in [0.2, 0.25) is 0 Å². The van der Waals surface area contributed by atoms with Crippen molar-refractivity contribution in [3.05, 3.63) is 0 Å². The molecule has 0 radical (unpaired) electrons. The lowest BCUT2D eigenvalue weighted by Gasteiger charge is -2.23. The van der Waals surface area contributed by atoms with Gasteiger partial charge in [0.1, 0.15) is 0 Å². The van der Waals surface area contributed by atoms with Crippen LogP contribution < -0.4 is 5.73 Å². The molecule has 1 aliphatic rings. The quantitative estimate of drug-likeness (QED) is 0.733. The Bertz CT molecular complexity index is 305. The van der Waals surface area contributed by atoms with Crippen molar-refractivity contribution in [3.8, 4) is 0 Å². The third-order valence-electron chi connectivity index (χ3n) is 3.22. The van der Waals surface area contributed by atoms with Crippen LogP contribution in [0.4, 0.5) is 0 Å². The summed E-state index contributed by atoms with van der Waals surface area (Å²) in [6.45, 7) is 4.47. The van der Waals surface area contributed by atoms with Gasteiger partial charge >= 0.3 is 0 Å². The molecular weight excluding hydrogens is 226 g/mol. The predicted octanol–water partition coefficient (Wildman–Crippen LogP) is 0.244. The molecule has 1 heterocycles. The van der Waals surface area contributed by atoms with E-state index in [-0.39, 0.29) is 0 Å². The fourth-order valence-corrected chi connectivity index (χ4v) is 3.46. The summed E-state index contributed by atoms with van der Waals surface area (Å²) < 4.78 is 27.2. The van der Waals surface area contributed by atoms with E-state index in [9.17, 15) is 8.42 Å². The summed E-state index contributed by atoms with van der Waals surface area (Å²) in [6, 6.07) is 0. The van der Waals surface area contributed by atoms with E-state index >= 15 is 0 Å². The molecule has 0 amide bonds. The Labute approximate surface area is 98.8 Å². The van der Waals surface area contributed by atoms with E-state index in [2.05, 4.69) is 6.92 Å². The number of nitrogens with two attached hydrogens (primary N) is 1. The number of hydrogen-bond donors (Lipinski definition) is 1. The fraction of sp³-hybridized carbons (Fsp3) is 1.00. The van der Waals surface area contributed by atoms with Crippen molar-refractivity contribution in [2.24, 2.45) is 11.7 Å². The molecule has 1 rings (SSSR count). The number of hydrogen-bond acceptors (Lipinski definition) is 3. The molecule has 1 unspecified atom stereocenters. The van der Waals surface area contributed by atoms with Crippen molar-refractivity contribution in [2.45, 2.75) is 26.2 Å². The third kappa shape index (κ3) is 3.16. The SMILES string of the molecule is CCC1CCN(S(=O)(=O)N(C)CCCN)C1. The second kappa shape index (κ2) is 5.95. The first kappa shape index (κ1) is 13.9. The molecular formula is C10H23N3O2S. The molecule has 0 bridgehead atoms. The van der Waals surface area contributed by atoms with Gasteiger partial charge in [0, 0.05) is 26.7 Å². The van der Waals surface area contributed by atoms with Gasteiger partial charge in [-0.3, -0.25) is 0 Å². The van der Waals surface area contributed by atoms with E-state index in [4.69, 9.17) is 5.73 Å². The summed E-state index contributed by atoms with van der Waals surface area (Å²) in [6.07, 6.45) is 2.75.